The van der Waals surface area contributed by atoms with Crippen LogP contribution in [0.3, 0.4) is 0 Å². The number of carbonyl (C=O) groups is 1. The van der Waals surface area contributed by atoms with Crippen LogP contribution in [0.2, 0.25) is 0 Å². The van der Waals surface area contributed by atoms with Gasteiger partial charge in [-0.2, -0.15) is 4.31 Å². The molecule has 1 saturated heterocycles. The van der Waals surface area contributed by atoms with Crippen molar-refractivity contribution in [2.24, 2.45) is 5.92 Å². The molecule has 0 saturated carbocycles. The molecule has 11 heteroatoms. The summed E-state index contributed by atoms with van der Waals surface area (Å²) in [7, 11) is -3.91. The van der Waals surface area contributed by atoms with Gasteiger partial charge in [0.15, 0.2) is 0 Å². The van der Waals surface area contributed by atoms with Crippen LogP contribution in [0.15, 0.2) is 47.4 Å². The van der Waals surface area contributed by atoms with E-state index in [1.807, 2.05) is 31.2 Å². The van der Waals surface area contributed by atoms with E-state index in [1.54, 1.807) is 13.8 Å². The normalized spacial score (nSPS) is 15.6. The van der Waals surface area contributed by atoms with E-state index in [-0.39, 0.29) is 49.4 Å². The van der Waals surface area contributed by atoms with Crippen molar-refractivity contribution in [1.29, 1.82) is 0 Å². The Morgan fingerprint density at radius 2 is 1.91 bits per heavy atom. The first-order chi connectivity index (χ1) is 16.1. The summed E-state index contributed by atoms with van der Waals surface area (Å²) in [5.74, 6) is -0.808. The molecule has 1 aliphatic rings. The zero-order valence-electron chi connectivity index (χ0n) is 19.4. The molecule has 3 rings (SSSR count). The van der Waals surface area contributed by atoms with Gasteiger partial charge < -0.3 is 14.8 Å². The summed E-state index contributed by atoms with van der Waals surface area (Å²) in [6, 6.07) is 10.3. The van der Waals surface area contributed by atoms with Gasteiger partial charge in [-0.1, -0.05) is 43.7 Å². The highest BCUT2D eigenvalue weighted by molar-refractivity contribution is 7.89. The van der Waals surface area contributed by atoms with Crippen LogP contribution in [0, 0.1) is 23.0 Å². The number of anilines is 1. The molecule has 184 valence electrons. The summed E-state index contributed by atoms with van der Waals surface area (Å²) in [5, 5.41) is 14.7. The molecule has 1 fully saturated rings. The summed E-state index contributed by atoms with van der Waals surface area (Å²) in [6.07, 6.45) is 0. The van der Waals surface area contributed by atoms with Crippen molar-refractivity contribution in [2.45, 2.75) is 38.3 Å². The van der Waals surface area contributed by atoms with Gasteiger partial charge in [-0.3, -0.25) is 10.1 Å². The molecule has 0 radical (unpaired) electrons. The summed E-state index contributed by atoms with van der Waals surface area (Å²) < 4.78 is 37.7. The van der Waals surface area contributed by atoms with Gasteiger partial charge >= 0.3 is 5.97 Å². The molecular formula is C23H29N3O7S. The zero-order chi connectivity index (χ0) is 24.9. The summed E-state index contributed by atoms with van der Waals surface area (Å²) in [6.45, 7) is 6.47. The van der Waals surface area contributed by atoms with E-state index in [0.29, 0.717) is 0 Å². The maximum Gasteiger partial charge on any atom is 0.329 e. The van der Waals surface area contributed by atoms with Crippen LogP contribution in [0.25, 0.3) is 0 Å². The van der Waals surface area contributed by atoms with Crippen molar-refractivity contribution in [3.8, 4) is 0 Å². The number of aryl methyl sites for hydroxylation is 1. The predicted molar refractivity (Wildman–Crippen MR) is 126 cm³/mol. The first-order valence-electron chi connectivity index (χ1n) is 10.9. The summed E-state index contributed by atoms with van der Waals surface area (Å²) >= 11 is 0. The number of hydrogen-bond donors (Lipinski definition) is 1. The Morgan fingerprint density at radius 1 is 1.21 bits per heavy atom. The highest BCUT2D eigenvalue weighted by Crippen LogP contribution is 2.30. The molecule has 34 heavy (non-hydrogen) atoms. The Balaban J connectivity index is 1.81. The Labute approximate surface area is 199 Å². The third-order valence-electron chi connectivity index (χ3n) is 5.47. The summed E-state index contributed by atoms with van der Waals surface area (Å²) in [4.78, 5) is 23.7. The number of nitrogens with zero attached hydrogens (tertiary/aromatic N) is 2. The number of nitro benzene ring substituents is 1. The third kappa shape index (κ3) is 6.10. The Hall–Kier alpha value is -3.02. The highest BCUT2D eigenvalue weighted by Gasteiger charge is 2.31. The standard InChI is InChI=1S/C23H29N3O7S/c1-16(2)22(23(27)33-15-18-6-4-5-17(3)13-18)24-20-8-7-19(14-21(20)26(28)29)34(30,31)25-9-11-32-12-10-25/h4-8,13-14,16,22,24H,9-12,15H2,1-3H3. The lowest BCUT2D eigenvalue weighted by atomic mass is 10.0. The van der Waals surface area contributed by atoms with Gasteiger partial charge in [-0.05, 0) is 30.5 Å². The van der Waals surface area contributed by atoms with Crippen molar-refractivity contribution < 1.29 is 27.6 Å². The highest BCUT2D eigenvalue weighted by atomic mass is 32.2. The molecule has 10 nitrogen and oxygen atoms in total. The van der Waals surface area contributed by atoms with Crippen LogP contribution in [-0.4, -0.2) is 56.0 Å². The first-order valence-corrected chi connectivity index (χ1v) is 12.4. The summed E-state index contributed by atoms with van der Waals surface area (Å²) in [5.41, 5.74) is 1.47. The van der Waals surface area contributed by atoms with Gasteiger partial charge in [0.1, 0.15) is 18.3 Å². The molecule has 1 aliphatic heterocycles. The SMILES string of the molecule is Cc1cccc(COC(=O)C(Nc2ccc(S(=O)(=O)N3CCOCC3)cc2[N+](=O)[O-])C(C)C)c1. The molecule has 1 N–H and O–H groups in total. The Kier molecular flexibility index (Phi) is 8.24. The van der Waals surface area contributed by atoms with E-state index in [9.17, 15) is 23.3 Å². The van der Waals surface area contributed by atoms with Gasteiger partial charge in [-0.15, -0.1) is 0 Å². The average Bonchev–Trinajstić information content (AvgIpc) is 2.81. The maximum atomic E-state index is 12.9. The number of morpholine rings is 1. The minimum absolute atomic E-state index is 0.0390. The largest absolute Gasteiger partial charge is 0.459 e. The zero-order valence-corrected chi connectivity index (χ0v) is 20.2. The second kappa shape index (κ2) is 10.9. The van der Waals surface area contributed by atoms with E-state index < -0.39 is 32.6 Å². The van der Waals surface area contributed by atoms with Crippen molar-refractivity contribution in [2.75, 3.05) is 31.6 Å². The lowest BCUT2D eigenvalue weighted by Crippen LogP contribution is -2.40. The lowest BCUT2D eigenvalue weighted by Gasteiger charge is -2.26. The molecule has 1 atom stereocenters. The van der Waals surface area contributed by atoms with Crippen molar-refractivity contribution in [3.05, 3.63) is 63.7 Å². The molecule has 2 aromatic rings. The molecule has 1 unspecified atom stereocenters. The molecule has 0 aliphatic carbocycles. The predicted octanol–water partition coefficient (Wildman–Crippen LogP) is 3.10. The number of nitrogens with one attached hydrogen (secondary N) is 1. The monoisotopic (exact) mass is 491 g/mol. The third-order valence-corrected chi connectivity index (χ3v) is 7.36. The number of ether oxygens (including phenoxy) is 2. The number of sulfonamides is 1. The smallest absolute Gasteiger partial charge is 0.329 e. The van der Waals surface area contributed by atoms with E-state index in [0.717, 1.165) is 17.2 Å². The van der Waals surface area contributed by atoms with Crippen LogP contribution in [0.5, 0.6) is 0 Å². The van der Waals surface area contributed by atoms with Crippen LogP contribution < -0.4 is 5.32 Å². The van der Waals surface area contributed by atoms with E-state index in [2.05, 4.69) is 5.32 Å². The number of hydrogen-bond acceptors (Lipinski definition) is 8. The quantitative estimate of drug-likeness (QED) is 0.322. The van der Waals surface area contributed by atoms with Crippen molar-refractivity contribution in [1.82, 2.24) is 4.31 Å². The van der Waals surface area contributed by atoms with Gasteiger partial charge in [0.2, 0.25) is 10.0 Å². The minimum Gasteiger partial charge on any atom is -0.459 e. The number of rotatable bonds is 9. The molecule has 2 aromatic carbocycles. The molecule has 0 spiro atoms. The topological polar surface area (TPSA) is 128 Å². The van der Waals surface area contributed by atoms with E-state index >= 15 is 0 Å². The van der Waals surface area contributed by atoms with Crippen LogP contribution in [0.1, 0.15) is 25.0 Å². The first kappa shape index (κ1) is 25.6. The Morgan fingerprint density at radius 3 is 2.53 bits per heavy atom. The number of benzene rings is 2. The maximum absolute atomic E-state index is 12.9. The van der Waals surface area contributed by atoms with Gasteiger partial charge in [0.25, 0.3) is 5.69 Å². The second-order valence-electron chi connectivity index (χ2n) is 8.42. The fourth-order valence-electron chi connectivity index (χ4n) is 3.59. The molecule has 1 heterocycles. The average molecular weight is 492 g/mol. The fourth-order valence-corrected chi connectivity index (χ4v) is 5.02. The molecule has 0 aromatic heterocycles. The number of nitro groups is 1. The lowest BCUT2D eigenvalue weighted by molar-refractivity contribution is -0.384. The van der Waals surface area contributed by atoms with E-state index in [1.165, 1.54) is 16.4 Å². The van der Waals surface area contributed by atoms with E-state index in [4.69, 9.17) is 9.47 Å². The van der Waals surface area contributed by atoms with Crippen LogP contribution >= 0.6 is 0 Å². The van der Waals surface area contributed by atoms with Gasteiger partial charge in [0, 0.05) is 19.2 Å². The van der Waals surface area contributed by atoms with Crippen molar-refractivity contribution >= 4 is 27.4 Å². The number of carbonyl (C=O) groups excluding carboxylic acids is 1. The van der Waals surface area contributed by atoms with Gasteiger partial charge in [0.05, 0.1) is 23.0 Å². The van der Waals surface area contributed by atoms with Crippen LogP contribution in [-0.2, 0) is 30.9 Å². The fraction of sp³-hybridized carbons (Fsp3) is 0.435. The molecule has 0 bridgehead atoms. The number of esters is 1. The van der Waals surface area contributed by atoms with Gasteiger partial charge in [-0.25, -0.2) is 13.2 Å². The van der Waals surface area contributed by atoms with Crippen molar-refractivity contribution in [3.63, 3.8) is 0 Å². The second-order valence-corrected chi connectivity index (χ2v) is 10.4. The minimum atomic E-state index is -3.91. The molecular weight excluding hydrogens is 462 g/mol. The molecule has 0 amide bonds. The Bertz CT molecular complexity index is 1150. The van der Waals surface area contributed by atoms with Crippen LogP contribution in [0.4, 0.5) is 11.4 Å².